The summed E-state index contributed by atoms with van der Waals surface area (Å²) < 4.78 is 1.61. The van der Waals surface area contributed by atoms with Gasteiger partial charge in [0.25, 0.3) is 5.56 Å². The number of aromatic nitrogens is 1. The van der Waals surface area contributed by atoms with Crippen LogP contribution in [0.1, 0.15) is 11.1 Å². The van der Waals surface area contributed by atoms with Crippen molar-refractivity contribution in [3.05, 3.63) is 52.0 Å². The van der Waals surface area contributed by atoms with Gasteiger partial charge in [-0.25, -0.2) is 0 Å². The second-order valence-corrected chi connectivity index (χ2v) is 3.16. The van der Waals surface area contributed by atoms with E-state index in [4.69, 9.17) is 0 Å². The van der Waals surface area contributed by atoms with Crippen molar-refractivity contribution in [3.8, 4) is 0 Å². The Bertz CT molecular complexity index is 438. The lowest BCUT2D eigenvalue weighted by Gasteiger charge is -2.03. The fourth-order valence-electron chi connectivity index (χ4n) is 1.47. The molecule has 0 spiro atoms. The van der Waals surface area contributed by atoms with E-state index in [2.05, 4.69) is 6.08 Å². The zero-order chi connectivity index (χ0) is 9.26. The first kappa shape index (κ1) is 8.05. The summed E-state index contributed by atoms with van der Waals surface area (Å²) >= 11 is 0. The third-order valence-electron chi connectivity index (χ3n) is 2.24. The lowest BCUT2D eigenvalue weighted by Crippen LogP contribution is -2.19. The minimum atomic E-state index is 0.0810. The first-order chi connectivity index (χ1) is 6.29. The fourth-order valence-corrected chi connectivity index (χ4v) is 1.47. The Morgan fingerprint density at radius 1 is 1.38 bits per heavy atom. The largest absolute Gasteiger partial charge is 0.318 e. The van der Waals surface area contributed by atoms with Gasteiger partial charge in [0.1, 0.15) is 0 Å². The summed E-state index contributed by atoms with van der Waals surface area (Å²) in [5.74, 6) is 0. The van der Waals surface area contributed by atoms with Crippen molar-refractivity contribution in [1.82, 2.24) is 4.57 Å². The van der Waals surface area contributed by atoms with E-state index in [9.17, 15) is 4.79 Å². The molecule has 1 aliphatic rings. The van der Waals surface area contributed by atoms with E-state index in [1.807, 2.05) is 30.5 Å². The fraction of sp³-hybridized carbons (Fsp3) is 0.182. The number of allylic oxidation sites excluding steroid dienone is 3. The SMILES string of the molecule is Cn1ccc2c(c1=O)C=CC=CC2. The normalized spacial score (nSPS) is 13.9. The molecule has 1 aromatic rings. The molecular weight excluding hydrogens is 162 g/mol. The number of hydrogen-bond donors (Lipinski definition) is 0. The molecule has 2 rings (SSSR count). The van der Waals surface area contributed by atoms with Crippen LogP contribution >= 0.6 is 0 Å². The summed E-state index contributed by atoms with van der Waals surface area (Å²) in [4.78, 5) is 11.7. The predicted octanol–water partition coefficient (Wildman–Crippen LogP) is 1.51. The average molecular weight is 173 g/mol. The number of aryl methyl sites for hydroxylation is 1. The number of hydrogen-bond acceptors (Lipinski definition) is 1. The Hall–Kier alpha value is -1.57. The van der Waals surface area contributed by atoms with Crippen LogP contribution in [0.15, 0.2) is 35.3 Å². The topological polar surface area (TPSA) is 22.0 Å². The molecule has 0 saturated heterocycles. The monoisotopic (exact) mass is 173 g/mol. The molecule has 0 atom stereocenters. The van der Waals surface area contributed by atoms with E-state index in [0.717, 1.165) is 17.5 Å². The molecule has 0 amide bonds. The van der Waals surface area contributed by atoms with E-state index < -0.39 is 0 Å². The molecule has 66 valence electrons. The zero-order valence-electron chi connectivity index (χ0n) is 7.53. The smallest absolute Gasteiger partial charge is 0.257 e. The summed E-state index contributed by atoms with van der Waals surface area (Å²) in [6.07, 6.45) is 10.5. The molecule has 13 heavy (non-hydrogen) atoms. The average Bonchev–Trinajstić information content (AvgIpc) is 2.36. The number of fused-ring (bicyclic) bond motifs is 1. The Morgan fingerprint density at radius 3 is 3.08 bits per heavy atom. The summed E-state index contributed by atoms with van der Waals surface area (Å²) in [6.45, 7) is 0. The highest BCUT2D eigenvalue weighted by Gasteiger charge is 2.05. The highest BCUT2D eigenvalue weighted by atomic mass is 16.1. The number of nitrogens with zero attached hydrogens (tertiary/aromatic N) is 1. The van der Waals surface area contributed by atoms with E-state index in [1.54, 1.807) is 11.6 Å². The molecule has 2 nitrogen and oxygen atoms in total. The summed E-state index contributed by atoms with van der Waals surface area (Å²) in [6, 6.07) is 2.00. The van der Waals surface area contributed by atoms with Gasteiger partial charge in [0.2, 0.25) is 0 Å². The Morgan fingerprint density at radius 2 is 2.23 bits per heavy atom. The molecule has 0 aliphatic heterocycles. The molecule has 0 radical (unpaired) electrons. The van der Waals surface area contributed by atoms with Crippen LogP contribution in [0, 0.1) is 0 Å². The van der Waals surface area contributed by atoms with Crippen molar-refractivity contribution in [2.75, 3.05) is 0 Å². The first-order valence-corrected chi connectivity index (χ1v) is 4.31. The quantitative estimate of drug-likeness (QED) is 0.583. The second-order valence-electron chi connectivity index (χ2n) is 3.16. The molecule has 0 fully saturated rings. The lowest BCUT2D eigenvalue weighted by molar-refractivity contribution is 0.850. The second kappa shape index (κ2) is 3.05. The van der Waals surface area contributed by atoms with Crippen LogP contribution in [0.4, 0.5) is 0 Å². The Balaban J connectivity index is 2.70. The molecular formula is C11H11NO. The minimum Gasteiger partial charge on any atom is -0.318 e. The molecule has 0 aromatic carbocycles. The maximum atomic E-state index is 11.7. The molecule has 1 aromatic heterocycles. The van der Waals surface area contributed by atoms with Crippen LogP contribution in [0.3, 0.4) is 0 Å². The number of pyridine rings is 1. The zero-order valence-corrected chi connectivity index (χ0v) is 7.53. The van der Waals surface area contributed by atoms with Crippen LogP contribution in [0.5, 0.6) is 0 Å². The van der Waals surface area contributed by atoms with Crippen LogP contribution in [-0.4, -0.2) is 4.57 Å². The highest BCUT2D eigenvalue weighted by molar-refractivity contribution is 5.56. The van der Waals surface area contributed by atoms with E-state index in [0.29, 0.717) is 0 Å². The van der Waals surface area contributed by atoms with Gasteiger partial charge in [0.15, 0.2) is 0 Å². The summed E-state index contributed by atoms with van der Waals surface area (Å²) in [7, 11) is 1.77. The summed E-state index contributed by atoms with van der Waals surface area (Å²) in [5, 5.41) is 0. The molecule has 2 heteroatoms. The van der Waals surface area contributed by atoms with Gasteiger partial charge in [-0.2, -0.15) is 0 Å². The van der Waals surface area contributed by atoms with Crippen molar-refractivity contribution in [1.29, 1.82) is 0 Å². The van der Waals surface area contributed by atoms with Gasteiger partial charge >= 0.3 is 0 Å². The first-order valence-electron chi connectivity index (χ1n) is 4.31. The highest BCUT2D eigenvalue weighted by Crippen LogP contribution is 2.10. The maximum Gasteiger partial charge on any atom is 0.257 e. The van der Waals surface area contributed by atoms with Crippen molar-refractivity contribution >= 4 is 6.08 Å². The van der Waals surface area contributed by atoms with Gasteiger partial charge in [-0.1, -0.05) is 18.2 Å². The molecule has 0 unspecified atom stereocenters. The van der Waals surface area contributed by atoms with E-state index in [-0.39, 0.29) is 5.56 Å². The van der Waals surface area contributed by atoms with Gasteiger partial charge < -0.3 is 4.57 Å². The van der Waals surface area contributed by atoms with Gasteiger partial charge in [-0.05, 0) is 24.1 Å². The van der Waals surface area contributed by atoms with Crippen LogP contribution < -0.4 is 5.56 Å². The van der Waals surface area contributed by atoms with Crippen molar-refractivity contribution in [2.24, 2.45) is 7.05 Å². The lowest BCUT2D eigenvalue weighted by atomic mass is 10.1. The van der Waals surface area contributed by atoms with Crippen molar-refractivity contribution in [2.45, 2.75) is 6.42 Å². The molecule has 0 saturated carbocycles. The third kappa shape index (κ3) is 1.35. The predicted molar refractivity (Wildman–Crippen MR) is 53.6 cm³/mol. The standard InChI is InChI=1S/C11H11NO/c1-12-8-7-9-5-3-2-4-6-10(9)11(12)13/h2-4,6-8H,5H2,1H3. The van der Waals surface area contributed by atoms with Crippen molar-refractivity contribution in [3.63, 3.8) is 0 Å². The molecule has 0 N–H and O–H groups in total. The van der Waals surface area contributed by atoms with Gasteiger partial charge in [-0.15, -0.1) is 0 Å². The van der Waals surface area contributed by atoms with Crippen LogP contribution in [-0.2, 0) is 13.5 Å². The molecule has 0 bridgehead atoms. The van der Waals surface area contributed by atoms with Gasteiger partial charge in [0.05, 0.1) is 0 Å². The van der Waals surface area contributed by atoms with Gasteiger partial charge in [-0.3, -0.25) is 4.79 Å². The third-order valence-corrected chi connectivity index (χ3v) is 2.24. The van der Waals surface area contributed by atoms with Crippen LogP contribution in [0.2, 0.25) is 0 Å². The van der Waals surface area contributed by atoms with Crippen LogP contribution in [0.25, 0.3) is 6.08 Å². The van der Waals surface area contributed by atoms with E-state index in [1.165, 1.54) is 0 Å². The van der Waals surface area contributed by atoms with Gasteiger partial charge in [0, 0.05) is 18.8 Å². The Labute approximate surface area is 76.8 Å². The minimum absolute atomic E-state index is 0.0810. The van der Waals surface area contributed by atoms with E-state index >= 15 is 0 Å². The molecule has 1 heterocycles. The molecule has 1 aliphatic carbocycles. The summed E-state index contributed by atoms with van der Waals surface area (Å²) in [5.41, 5.74) is 2.00. The maximum absolute atomic E-state index is 11.7. The number of rotatable bonds is 0. The van der Waals surface area contributed by atoms with Crippen molar-refractivity contribution < 1.29 is 0 Å². The Kier molecular flexibility index (Phi) is 1.89.